The highest BCUT2D eigenvalue weighted by atomic mass is 32.1. The van der Waals surface area contributed by atoms with Gasteiger partial charge in [-0.1, -0.05) is 36.9 Å². The molecule has 2 aromatic rings. The second-order valence-corrected chi connectivity index (χ2v) is 3.95. The smallest absolute Gasteiger partial charge is 0.239 e. The molecule has 15 heavy (non-hydrogen) atoms. The quantitative estimate of drug-likeness (QED) is 0.858. The van der Waals surface area contributed by atoms with Crippen LogP contribution in [0.5, 0.6) is 0 Å². The third kappa shape index (κ3) is 2.41. The summed E-state index contributed by atoms with van der Waals surface area (Å²) in [4.78, 5) is 4.36. The Morgan fingerprint density at radius 3 is 2.73 bits per heavy atom. The van der Waals surface area contributed by atoms with Crippen LogP contribution in [0, 0.1) is 0 Å². The zero-order chi connectivity index (χ0) is 10.7. The highest BCUT2D eigenvalue weighted by Gasteiger charge is 2.04. The van der Waals surface area contributed by atoms with Crippen LogP contribution < -0.4 is 5.32 Å². The summed E-state index contributed by atoms with van der Waals surface area (Å²) in [6.07, 6.45) is 0. The molecule has 4 heteroatoms. The maximum atomic E-state index is 4.36. The van der Waals surface area contributed by atoms with Gasteiger partial charge in [0.15, 0.2) is 0 Å². The molecule has 0 unspecified atom stereocenters. The van der Waals surface area contributed by atoms with E-state index in [2.05, 4.69) is 21.3 Å². The first-order valence-electron chi connectivity index (χ1n) is 4.57. The Hall–Kier alpha value is -1.68. The Morgan fingerprint density at radius 2 is 2.07 bits per heavy atom. The predicted octanol–water partition coefficient (Wildman–Crippen LogP) is 3.15. The fourth-order valence-electron chi connectivity index (χ4n) is 1.16. The van der Waals surface area contributed by atoms with Gasteiger partial charge in [-0.05, 0) is 18.5 Å². The molecule has 0 bridgehead atoms. The lowest BCUT2D eigenvalue weighted by Gasteiger charge is -1.96. The lowest BCUT2D eigenvalue weighted by molar-refractivity contribution is 1.25. The zero-order valence-electron chi connectivity index (χ0n) is 8.40. The van der Waals surface area contributed by atoms with Crippen molar-refractivity contribution in [2.24, 2.45) is 0 Å². The van der Waals surface area contributed by atoms with Gasteiger partial charge < -0.3 is 5.32 Å². The van der Waals surface area contributed by atoms with Gasteiger partial charge in [0.05, 0.1) is 0 Å². The van der Waals surface area contributed by atoms with Gasteiger partial charge in [0.25, 0.3) is 0 Å². The van der Waals surface area contributed by atoms with Crippen LogP contribution in [0.1, 0.15) is 6.92 Å². The Bertz CT molecular complexity index is 462. The Balaban J connectivity index is 2.24. The number of benzene rings is 1. The average molecular weight is 217 g/mol. The number of nitrogens with zero attached hydrogens (tertiary/aromatic N) is 2. The summed E-state index contributed by atoms with van der Waals surface area (Å²) >= 11 is 1.38. The summed E-state index contributed by atoms with van der Waals surface area (Å²) in [6.45, 7) is 5.62. The molecular formula is C11H11N3S. The van der Waals surface area contributed by atoms with E-state index in [0.29, 0.717) is 5.95 Å². The number of hydrogen-bond acceptors (Lipinski definition) is 4. The average Bonchev–Trinajstić information content (AvgIpc) is 2.67. The fourth-order valence-corrected chi connectivity index (χ4v) is 1.79. The number of hydrogen-bond donors (Lipinski definition) is 1. The van der Waals surface area contributed by atoms with Gasteiger partial charge in [0.2, 0.25) is 5.95 Å². The van der Waals surface area contributed by atoms with Crippen LogP contribution >= 0.6 is 11.5 Å². The summed E-state index contributed by atoms with van der Waals surface area (Å²) in [6, 6.07) is 10.00. The molecule has 0 fully saturated rings. The van der Waals surface area contributed by atoms with Gasteiger partial charge in [0, 0.05) is 11.3 Å². The molecule has 1 N–H and O–H groups in total. The van der Waals surface area contributed by atoms with Crippen molar-refractivity contribution in [2.75, 3.05) is 5.32 Å². The van der Waals surface area contributed by atoms with E-state index in [9.17, 15) is 0 Å². The van der Waals surface area contributed by atoms with Crippen molar-refractivity contribution < 1.29 is 0 Å². The van der Waals surface area contributed by atoms with Crippen LogP contribution in [0.4, 0.5) is 5.95 Å². The highest BCUT2D eigenvalue weighted by Crippen LogP contribution is 2.22. The normalized spacial score (nSPS) is 9.93. The van der Waals surface area contributed by atoms with E-state index in [1.807, 2.05) is 37.3 Å². The third-order valence-corrected chi connectivity index (χ3v) is 2.54. The first-order valence-corrected chi connectivity index (χ1v) is 5.35. The minimum absolute atomic E-state index is 0.617. The van der Waals surface area contributed by atoms with Gasteiger partial charge in [-0.15, -0.1) is 0 Å². The summed E-state index contributed by atoms with van der Waals surface area (Å²) in [5.41, 5.74) is 1.93. The van der Waals surface area contributed by atoms with Crippen LogP contribution in [0.25, 0.3) is 10.6 Å². The molecule has 1 aromatic heterocycles. The second-order valence-electron chi connectivity index (χ2n) is 3.19. The summed E-state index contributed by atoms with van der Waals surface area (Å²) in [7, 11) is 0. The number of rotatable bonds is 3. The molecule has 0 saturated heterocycles. The van der Waals surface area contributed by atoms with E-state index in [1.54, 1.807) is 0 Å². The van der Waals surface area contributed by atoms with Crippen molar-refractivity contribution in [3.63, 3.8) is 0 Å². The molecule has 76 valence electrons. The van der Waals surface area contributed by atoms with Crippen molar-refractivity contribution in [1.29, 1.82) is 0 Å². The molecule has 0 saturated carbocycles. The molecule has 0 aliphatic heterocycles. The molecule has 0 atom stereocenters. The summed E-state index contributed by atoms with van der Waals surface area (Å²) < 4.78 is 4.19. The topological polar surface area (TPSA) is 37.8 Å². The SMILES string of the molecule is C=C(C)Nc1nsc(-c2ccccc2)n1. The van der Waals surface area contributed by atoms with Crippen molar-refractivity contribution in [2.45, 2.75) is 6.92 Å². The Morgan fingerprint density at radius 1 is 1.33 bits per heavy atom. The third-order valence-electron chi connectivity index (χ3n) is 1.77. The molecule has 2 rings (SSSR count). The van der Waals surface area contributed by atoms with E-state index in [4.69, 9.17) is 0 Å². The van der Waals surface area contributed by atoms with Gasteiger partial charge in [0.1, 0.15) is 5.01 Å². The molecule has 0 aliphatic carbocycles. The van der Waals surface area contributed by atoms with Crippen LogP contribution in [-0.2, 0) is 0 Å². The lowest BCUT2D eigenvalue weighted by Crippen LogP contribution is -1.94. The van der Waals surface area contributed by atoms with E-state index in [1.165, 1.54) is 11.5 Å². The molecule has 0 aliphatic rings. The molecule has 0 amide bonds. The van der Waals surface area contributed by atoms with Gasteiger partial charge in [-0.2, -0.15) is 9.36 Å². The second kappa shape index (κ2) is 4.23. The minimum Gasteiger partial charge on any atom is -0.328 e. The van der Waals surface area contributed by atoms with Gasteiger partial charge in [-0.3, -0.25) is 0 Å². The lowest BCUT2D eigenvalue weighted by atomic mass is 10.2. The van der Waals surface area contributed by atoms with Crippen molar-refractivity contribution in [3.8, 4) is 10.6 Å². The Labute approximate surface area is 92.7 Å². The number of nitrogens with one attached hydrogen (secondary N) is 1. The number of aromatic nitrogens is 2. The maximum absolute atomic E-state index is 4.36. The molecule has 0 radical (unpaired) electrons. The molecule has 3 nitrogen and oxygen atoms in total. The molecule has 1 heterocycles. The fraction of sp³-hybridized carbons (Fsp3) is 0.0909. The van der Waals surface area contributed by atoms with Crippen LogP contribution in [0.3, 0.4) is 0 Å². The number of allylic oxidation sites excluding steroid dienone is 1. The first kappa shape index (κ1) is 9.86. The Kier molecular flexibility index (Phi) is 2.78. The van der Waals surface area contributed by atoms with Crippen molar-refractivity contribution >= 4 is 17.5 Å². The van der Waals surface area contributed by atoms with Gasteiger partial charge >= 0.3 is 0 Å². The van der Waals surface area contributed by atoms with Crippen LogP contribution in [0.2, 0.25) is 0 Å². The van der Waals surface area contributed by atoms with Crippen molar-refractivity contribution in [3.05, 3.63) is 42.6 Å². The summed E-state index contributed by atoms with van der Waals surface area (Å²) in [5, 5.41) is 3.90. The van der Waals surface area contributed by atoms with Crippen LogP contribution in [-0.4, -0.2) is 9.36 Å². The largest absolute Gasteiger partial charge is 0.328 e. The minimum atomic E-state index is 0.617. The van der Waals surface area contributed by atoms with E-state index in [0.717, 1.165) is 16.3 Å². The molecular weight excluding hydrogens is 206 g/mol. The van der Waals surface area contributed by atoms with Crippen molar-refractivity contribution in [1.82, 2.24) is 9.36 Å². The van der Waals surface area contributed by atoms with Crippen LogP contribution in [0.15, 0.2) is 42.6 Å². The monoisotopic (exact) mass is 217 g/mol. The number of anilines is 1. The van der Waals surface area contributed by atoms with E-state index in [-0.39, 0.29) is 0 Å². The molecule has 0 spiro atoms. The summed E-state index contributed by atoms with van der Waals surface area (Å²) in [5.74, 6) is 0.617. The maximum Gasteiger partial charge on any atom is 0.239 e. The highest BCUT2D eigenvalue weighted by molar-refractivity contribution is 7.09. The van der Waals surface area contributed by atoms with E-state index >= 15 is 0 Å². The zero-order valence-corrected chi connectivity index (χ0v) is 9.21. The van der Waals surface area contributed by atoms with E-state index < -0.39 is 0 Å². The predicted molar refractivity (Wildman–Crippen MR) is 63.8 cm³/mol. The standard InChI is InChI=1S/C11H11N3S/c1-8(2)12-11-13-10(15-14-11)9-6-4-3-5-7-9/h3-7H,1H2,2H3,(H,12,14). The first-order chi connectivity index (χ1) is 7.25. The molecule has 1 aromatic carbocycles. The van der Waals surface area contributed by atoms with Gasteiger partial charge in [-0.25, -0.2) is 0 Å².